The maximum Gasteiger partial charge on any atom is -0.00819 e. The van der Waals surface area contributed by atoms with Gasteiger partial charge in [-0.1, -0.05) is 80.1 Å². The number of fused-ring (bicyclic) bond motifs is 6. The molecule has 3 aromatic carbocycles. The van der Waals surface area contributed by atoms with Crippen LogP contribution in [0.15, 0.2) is 60.7 Å². The van der Waals surface area contributed by atoms with Crippen LogP contribution in [0.3, 0.4) is 0 Å². The number of hydrogen-bond acceptors (Lipinski definition) is 0. The molecule has 0 heteroatoms. The molecule has 0 spiro atoms. The molecule has 1 aliphatic carbocycles. The van der Waals surface area contributed by atoms with Gasteiger partial charge in [0.15, 0.2) is 0 Å². The third-order valence-corrected chi connectivity index (χ3v) is 4.64. The second-order valence-electron chi connectivity index (χ2n) is 6.02. The molecule has 0 heterocycles. The second-order valence-corrected chi connectivity index (χ2v) is 6.02. The Hall–Kier alpha value is -2.34. The standard InChI is InChI=1S/C22H20/c1-2-9-16-10-8-15-21-19-13-7-6-12-17(19)18-11-4-3-5-14-20(18)22(16)21/h3-8,10-13,15H,2,9,14H2,1H3. The van der Waals surface area contributed by atoms with Gasteiger partial charge in [-0.2, -0.15) is 0 Å². The molecular formula is C22H20. The van der Waals surface area contributed by atoms with Crippen LogP contribution in [0.2, 0.25) is 0 Å². The molecule has 0 saturated heterocycles. The SMILES string of the molecule is CCCc1cccc2c1c1c(c3ccccc32)C=CC=CC1. The van der Waals surface area contributed by atoms with Gasteiger partial charge in [-0.15, -0.1) is 0 Å². The highest BCUT2D eigenvalue weighted by Gasteiger charge is 2.14. The van der Waals surface area contributed by atoms with Crippen molar-refractivity contribution in [3.05, 3.63) is 77.4 Å². The molecule has 1 aliphatic rings. The Kier molecular flexibility index (Phi) is 3.31. The van der Waals surface area contributed by atoms with Crippen LogP contribution >= 0.6 is 0 Å². The monoisotopic (exact) mass is 284 g/mol. The molecule has 0 amide bonds. The van der Waals surface area contributed by atoms with Crippen LogP contribution < -0.4 is 0 Å². The van der Waals surface area contributed by atoms with E-state index in [4.69, 9.17) is 0 Å². The van der Waals surface area contributed by atoms with E-state index in [0.29, 0.717) is 0 Å². The molecular weight excluding hydrogens is 264 g/mol. The van der Waals surface area contributed by atoms with Crippen molar-refractivity contribution in [2.24, 2.45) is 0 Å². The normalized spacial score (nSPS) is 13.5. The third-order valence-electron chi connectivity index (χ3n) is 4.64. The first-order valence-electron chi connectivity index (χ1n) is 8.18. The van der Waals surface area contributed by atoms with Crippen LogP contribution in [-0.2, 0) is 12.8 Å². The van der Waals surface area contributed by atoms with Gasteiger partial charge in [0.2, 0.25) is 0 Å². The molecule has 0 bridgehead atoms. The smallest absolute Gasteiger partial charge is 0.00819 e. The molecule has 0 N–H and O–H groups in total. The molecule has 0 fully saturated rings. The van der Waals surface area contributed by atoms with Crippen LogP contribution in [0.4, 0.5) is 0 Å². The zero-order chi connectivity index (χ0) is 14.9. The van der Waals surface area contributed by atoms with Crippen LogP contribution in [-0.4, -0.2) is 0 Å². The van der Waals surface area contributed by atoms with E-state index in [0.717, 1.165) is 12.8 Å². The van der Waals surface area contributed by atoms with Crippen LogP contribution in [0.25, 0.3) is 27.6 Å². The van der Waals surface area contributed by atoms with Gasteiger partial charge in [-0.05, 0) is 51.1 Å². The summed E-state index contributed by atoms with van der Waals surface area (Å²) in [6.45, 7) is 2.26. The van der Waals surface area contributed by atoms with Gasteiger partial charge < -0.3 is 0 Å². The Balaban J connectivity index is 2.23. The van der Waals surface area contributed by atoms with Crippen molar-refractivity contribution in [3.8, 4) is 0 Å². The summed E-state index contributed by atoms with van der Waals surface area (Å²) in [5, 5.41) is 5.64. The molecule has 0 aromatic heterocycles. The van der Waals surface area contributed by atoms with Crippen molar-refractivity contribution in [2.45, 2.75) is 26.2 Å². The number of benzene rings is 3. The van der Waals surface area contributed by atoms with Gasteiger partial charge in [0.1, 0.15) is 0 Å². The van der Waals surface area contributed by atoms with Crippen molar-refractivity contribution < 1.29 is 0 Å². The van der Waals surface area contributed by atoms with E-state index in [1.165, 1.54) is 44.7 Å². The Labute approximate surface area is 131 Å². The first-order chi connectivity index (χ1) is 10.9. The lowest BCUT2D eigenvalue weighted by Gasteiger charge is -2.17. The molecule has 0 radical (unpaired) electrons. The van der Waals surface area contributed by atoms with Gasteiger partial charge in [-0.3, -0.25) is 0 Å². The number of allylic oxidation sites excluding steroid dienone is 3. The van der Waals surface area contributed by atoms with Gasteiger partial charge in [0.25, 0.3) is 0 Å². The number of rotatable bonds is 2. The number of hydrogen-bond donors (Lipinski definition) is 0. The summed E-state index contributed by atoms with van der Waals surface area (Å²) in [5.41, 5.74) is 4.38. The van der Waals surface area contributed by atoms with E-state index in [9.17, 15) is 0 Å². The van der Waals surface area contributed by atoms with Gasteiger partial charge >= 0.3 is 0 Å². The predicted molar refractivity (Wildman–Crippen MR) is 97.3 cm³/mol. The fourth-order valence-electron chi connectivity index (χ4n) is 3.73. The zero-order valence-electron chi connectivity index (χ0n) is 13.0. The zero-order valence-corrected chi connectivity index (χ0v) is 13.0. The molecule has 0 unspecified atom stereocenters. The Bertz CT molecular complexity index is 910. The summed E-state index contributed by atoms with van der Waals surface area (Å²) in [6.07, 6.45) is 12.3. The second kappa shape index (κ2) is 5.46. The fraction of sp³-hybridized carbons (Fsp3) is 0.182. The summed E-state index contributed by atoms with van der Waals surface area (Å²) in [4.78, 5) is 0. The van der Waals surface area contributed by atoms with Crippen molar-refractivity contribution in [1.29, 1.82) is 0 Å². The topological polar surface area (TPSA) is 0 Å². The highest BCUT2D eigenvalue weighted by atomic mass is 14.2. The first kappa shape index (κ1) is 13.3. The van der Waals surface area contributed by atoms with Gasteiger partial charge in [-0.25, -0.2) is 0 Å². The minimum atomic E-state index is 1.02. The first-order valence-corrected chi connectivity index (χ1v) is 8.18. The van der Waals surface area contributed by atoms with E-state index in [-0.39, 0.29) is 0 Å². The lowest BCUT2D eigenvalue weighted by molar-refractivity contribution is 0.928. The quantitative estimate of drug-likeness (QED) is 0.501. The summed E-state index contributed by atoms with van der Waals surface area (Å²) in [6, 6.07) is 15.6. The molecule has 4 rings (SSSR count). The van der Waals surface area contributed by atoms with Crippen molar-refractivity contribution >= 4 is 27.6 Å². The molecule has 22 heavy (non-hydrogen) atoms. The highest BCUT2D eigenvalue weighted by molar-refractivity contribution is 6.13. The highest BCUT2D eigenvalue weighted by Crippen LogP contribution is 2.37. The molecule has 3 aromatic rings. The van der Waals surface area contributed by atoms with Crippen molar-refractivity contribution in [2.75, 3.05) is 0 Å². The Morgan fingerprint density at radius 3 is 2.55 bits per heavy atom. The van der Waals surface area contributed by atoms with E-state index < -0.39 is 0 Å². The fourth-order valence-corrected chi connectivity index (χ4v) is 3.73. The Morgan fingerprint density at radius 1 is 0.864 bits per heavy atom. The van der Waals surface area contributed by atoms with Gasteiger partial charge in [0.05, 0.1) is 0 Å². The predicted octanol–water partition coefficient (Wildman–Crippen LogP) is 6.07. The van der Waals surface area contributed by atoms with E-state index in [1.54, 1.807) is 0 Å². The molecule has 0 nitrogen and oxygen atoms in total. The molecule has 108 valence electrons. The van der Waals surface area contributed by atoms with Crippen LogP contribution in [0, 0.1) is 0 Å². The third kappa shape index (κ3) is 1.99. The maximum atomic E-state index is 2.30. The summed E-state index contributed by atoms with van der Waals surface area (Å²) in [5.74, 6) is 0. The number of aryl methyl sites for hydroxylation is 1. The van der Waals surface area contributed by atoms with E-state index >= 15 is 0 Å². The van der Waals surface area contributed by atoms with Crippen molar-refractivity contribution in [3.63, 3.8) is 0 Å². The van der Waals surface area contributed by atoms with Crippen LogP contribution in [0.1, 0.15) is 30.0 Å². The molecule has 0 atom stereocenters. The lowest BCUT2D eigenvalue weighted by atomic mass is 9.87. The molecule has 0 saturated carbocycles. The summed E-state index contributed by atoms with van der Waals surface area (Å²) in [7, 11) is 0. The van der Waals surface area contributed by atoms with Crippen molar-refractivity contribution in [1.82, 2.24) is 0 Å². The van der Waals surface area contributed by atoms with E-state index in [2.05, 4.69) is 73.7 Å². The summed E-state index contributed by atoms with van der Waals surface area (Å²) < 4.78 is 0. The minimum absolute atomic E-state index is 1.02. The molecule has 0 aliphatic heterocycles. The largest absolute Gasteiger partial charge is 0.0801 e. The Morgan fingerprint density at radius 2 is 1.68 bits per heavy atom. The van der Waals surface area contributed by atoms with Crippen LogP contribution in [0.5, 0.6) is 0 Å². The maximum absolute atomic E-state index is 2.30. The van der Waals surface area contributed by atoms with E-state index in [1.807, 2.05) is 0 Å². The average Bonchev–Trinajstić information content (AvgIpc) is 2.81. The summed E-state index contributed by atoms with van der Waals surface area (Å²) >= 11 is 0. The minimum Gasteiger partial charge on any atom is -0.0801 e. The lowest BCUT2D eigenvalue weighted by Crippen LogP contribution is -1.96. The van der Waals surface area contributed by atoms with Gasteiger partial charge in [0, 0.05) is 0 Å². The average molecular weight is 284 g/mol.